The van der Waals surface area contributed by atoms with Crippen molar-refractivity contribution in [1.29, 1.82) is 0 Å². The van der Waals surface area contributed by atoms with Gasteiger partial charge in [0.2, 0.25) is 5.95 Å². The summed E-state index contributed by atoms with van der Waals surface area (Å²) in [6.45, 7) is 1.73. The minimum absolute atomic E-state index is 0.440. The molecule has 1 aliphatic rings. The van der Waals surface area contributed by atoms with E-state index in [0.29, 0.717) is 11.7 Å². The Morgan fingerprint density at radius 2 is 1.60 bits per heavy atom. The molecule has 0 saturated carbocycles. The van der Waals surface area contributed by atoms with E-state index in [2.05, 4.69) is 44.7 Å². The average Bonchev–Trinajstić information content (AvgIpc) is 2.81. The minimum atomic E-state index is 0.440. The molecule has 30 heavy (non-hydrogen) atoms. The molecule has 0 unspecified atom stereocenters. The fourth-order valence-electron chi connectivity index (χ4n) is 3.59. The highest BCUT2D eigenvalue weighted by Gasteiger charge is 2.18. The summed E-state index contributed by atoms with van der Waals surface area (Å²) in [6, 6.07) is 26.0. The number of para-hydroxylation sites is 3. The Morgan fingerprint density at radius 3 is 2.50 bits per heavy atom. The Morgan fingerprint density at radius 1 is 0.833 bits per heavy atom. The van der Waals surface area contributed by atoms with E-state index >= 15 is 0 Å². The van der Waals surface area contributed by atoms with E-state index in [1.54, 1.807) is 6.20 Å². The highest BCUT2D eigenvalue weighted by Crippen LogP contribution is 2.31. The number of ether oxygens (including phenoxy) is 1. The van der Waals surface area contributed by atoms with Crippen molar-refractivity contribution in [3.63, 3.8) is 0 Å². The van der Waals surface area contributed by atoms with Crippen LogP contribution >= 0.6 is 0 Å². The first-order chi connectivity index (χ1) is 14.8. The predicted octanol–water partition coefficient (Wildman–Crippen LogP) is 4.97. The van der Waals surface area contributed by atoms with Gasteiger partial charge in [-0.2, -0.15) is 10.1 Å². The van der Waals surface area contributed by atoms with E-state index in [1.807, 2.05) is 54.6 Å². The van der Waals surface area contributed by atoms with Crippen molar-refractivity contribution in [3.05, 3.63) is 96.2 Å². The fourth-order valence-corrected chi connectivity index (χ4v) is 3.59. The van der Waals surface area contributed by atoms with Gasteiger partial charge >= 0.3 is 0 Å². The number of rotatable bonds is 5. The zero-order valence-electron chi connectivity index (χ0n) is 16.4. The molecule has 4 aromatic rings. The van der Waals surface area contributed by atoms with Gasteiger partial charge in [0.25, 0.3) is 0 Å². The number of aromatic nitrogens is 3. The van der Waals surface area contributed by atoms with Gasteiger partial charge in [-0.25, -0.2) is 0 Å². The van der Waals surface area contributed by atoms with Crippen LogP contribution in [0, 0.1) is 0 Å². The van der Waals surface area contributed by atoms with Gasteiger partial charge in [-0.15, -0.1) is 5.10 Å². The maximum absolute atomic E-state index is 6.02. The van der Waals surface area contributed by atoms with Crippen LogP contribution in [0.4, 0.5) is 17.5 Å². The van der Waals surface area contributed by atoms with Gasteiger partial charge in [0.05, 0.1) is 11.9 Å². The van der Waals surface area contributed by atoms with E-state index in [1.165, 1.54) is 11.1 Å². The quantitative estimate of drug-likeness (QED) is 0.515. The molecule has 0 atom stereocenters. The molecule has 0 fully saturated rings. The van der Waals surface area contributed by atoms with Crippen molar-refractivity contribution < 1.29 is 4.74 Å². The summed E-state index contributed by atoms with van der Waals surface area (Å²) in [7, 11) is 0. The topological polar surface area (TPSA) is 63.2 Å². The second kappa shape index (κ2) is 8.21. The number of benzene rings is 3. The molecule has 148 valence electrons. The van der Waals surface area contributed by atoms with Gasteiger partial charge in [-0.1, -0.05) is 54.6 Å². The van der Waals surface area contributed by atoms with Crippen molar-refractivity contribution in [2.75, 3.05) is 16.8 Å². The third-order valence-corrected chi connectivity index (χ3v) is 5.11. The normalized spacial score (nSPS) is 12.9. The maximum Gasteiger partial charge on any atom is 0.249 e. The molecule has 1 aromatic heterocycles. The van der Waals surface area contributed by atoms with Gasteiger partial charge in [0.15, 0.2) is 11.6 Å². The van der Waals surface area contributed by atoms with Crippen LogP contribution < -0.4 is 15.0 Å². The lowest BCUT2D eigenvalue weighted by Crippen LogP contribution is -2.31. The Kier molecular flexibility index (Phi) is 4.96. The summed E-state index contributed by atoms with van der Waals surface area (Å²) in [5.74, 6) is 2.72. The van der Waals surface area contributed by atoms with Crippen molar-refractivity contribution in [2.45, 2.75) is 13.0 Å². The van der Waals surface area contributed by atoms with Crippen LogP contribution in [-0.2, 0) is 13.0 Å². The van der Waals surface area contributed by atoms with E-state index in [-0.39, 0.29) is 0 Å². The Labute approximate surface area is 175 Å². The second-order valence-corrected chi connectivity index (χ2v) is 7.11. The van der Waals surface area contributed by atoms with Gasteiger partial charge in [-0.3, -0.25) is 0 Å². The third kappa shape index (κ3) is 3.93. The first-order valence-corrected chi connectivity index (χ1v) is 9.95. The summed E-state index contributed by atoms with van der Waals surface area (Å²) < 4.78 is 6.02. The van der Waals surface area contributed by atoms with Crippen LogP contribution in [-0.4, -0.2) is 21.7 Å². The van der Waals surface area contributed by atoms with E-state index in [0.717, 1.165) is 36.8 Å². The highest BCUT2D eigenvalue weighted by atomic mass is 16.5. The summed E-state index contributed by atoms with van der Waals surface area (Å²) in [4.78, 5) is 6.93. The van der Waals surface area contributed by atoms with Crippen LogP contribution in [0.3, 0.4) is 0 Å². The average molecular weight is 395 g/mol. The molecule has 2 heterocycles. The molecule has 0 spiro atoms. The van der Waals surface area contributed by atoms with Crippen molar-refractivity contribution in [1.82, 2.24) is 15.2 Å². The van der Waals surface area contributed by atoms with E-state index in [4.69, 9.17) is 9.72 Å². The number of hydrogen-bond donors (Lipinski definition) is 1. The number of nitrogens with one attached hydrogen (secondary N) is 1. The molecule has 0 amide bonds. The molecule has 3 aromatic carbocycles. The number of anilines is 3. The molecular weight excluding hydrogens is 374 g/mol. The van der Waals surface area contributed by atoms with Crippen LogP contribution in [0.1, 0.15) is 11.1 Å². The summed E-state index contributed by atoms with van der Waals surface area (Å²) >= 11 is 0. The zero-order chi connectivity index (χ0) is 20.2. The first-order valence-electron chi connectivity index (χ1n) is 9.95. The molecule has 6 nitrogen and oxygen atoms in total. The monoisotopic (exact) mass is 395 g/mol. The molecule has 6 heteroatoms. The molecule has 0 saturated heterocycles. The van der Waals surface area contributed by atoms with Crippen molar-refractivity contribution in [2.24, 2.45) is 0 Å². The zero-order valence-corrected chi connectivity index (χ0v) is 16.4. The number of nitrogens with zero attached hydrogens (tertiary/aromatic N) is 4. The molecular formula is C24H21N5O. The van der Waals surface area contributed by atoms with Crippen LogP contribution in [0.15, 0.2) is 85.1 Å². The smallest absolute Gasteiger partial charge is 0.249 e. The molecule has 1 aliphatic heterocycles. The summed E-state index contributed by atoms with van der Waals surface area (Å²) in [5, 5.41) is 11.6. The van der Waals surface area contributed by atoms with Gasteiger partial charge in [0.1, 0.15) is 5.75 Å². The predicted molar refractivity (Wildman–Crippen MR) is 117 cm³/mol. The molecule has 1 N–H and O–H groups in total. The van der Waals surface area contributed by atoms with Crippen LogP contribution in [0.25, 0.3) is 0 Å². The molecule has 5 rings (SSSR count). The lowest BCUT2D eigenvalue weighted by Gasteiger charge is -2.29. The molecule has 0 radical (unpaired) electrons. The third-order valence-electron chi connectivity index (χ3n) is 5.11. The summed E-state index contributed by atoms with van der Waals surface area (Å²) in [5.41, 5.74) is 3.52. The van der Waals surface area contributed by atoms with Gasteiger partial charge in [-0.05, 0) is 41.8 Å². The minimum Gasteiger partial charge on any atom is -0.455 e. The number of hydrogen-bond acceptors (Lipinski definition) is 6. The number of fused-ring (bicyclic) bond motifs is 1. The largest absolute Gasteiger partial charge is 0.455 e. The van der Waals surface area contributed by atoms with Gasteiger partial charge < -0.3 is 15.0 Å². The lowest BCUT2D eigenvalue weighted by atomic mass is 10.0. The second-order valence-electron chi connectivity index (χ2n) is 7.11. The highest BCUT2D eigenvalue weighted by molar-refractivity contribution is 5.63. The Balaban J connectivity index is 1.36. The van der Waals surface area contributed by atoms with E-state index in [9.17, 15) is 0 Å². The Hall–Kier alpha value is -3.93. The fraction of sp³-hybridized carbons (Fsp3) is 0.125. The van der Waals surface area contributed by atoms with Crippen LogP contribution in [0.2, 0.25) is 0 Å². The van der Waals surface area contributed by atoms with Crippen LogP contribution in [0.5, 0.6) is 11.5 Å². The first kappa shape index (κ1) is 18.1. The molecule has 0 aliphatic carbocycles. The standard InChI is InChI=1S/C24H21N5O/c1-2-10-20(11-3-1)30-22-13-7-6-12-21(22)26-24-27-23(16-25-28-24)29-15-14-18-8-4-5-9-19(18)17-29/h1-13,16H,14-15,17H2,(H,26,27,28). The van der Waals surface area contributed by atoms with E-state index < -0.39 is 0 Å². The SMILES string of the molecule is c1ccc(Oc2ccccc2Nc2nncc(N3CCc4ccccc4C3)n2)cc1. The van der Waals surface area contributed by atoms with Gasteiger partial charge in [0, 0.05) is 13.1 Å². The lowest BCUT2D eigenvalue weighted by molar-refractivity contribution is 0.485. The Bertz CT molecular complexity index is 1150. The maximum atomic E-state index is 6.02. The molecule has 0 bridgehead atoms. The summed E-state index contributed by atoms with van der Waals surface area (Å²) in [6.07, 6.45) is 2.71. The van der Waals surface area contributed by atoms with Crippen molar-refractivity contribution >= 4 is 17.5 Å². The van der Waals surface area contributed by atoms with Crippen molar-refractivity contribution in [3.8, 4) is 11.5 Å².